The van der Waals surface area contributed by atoms with Gasteiger partial charge in [0.1, 0.15) is 5.82 Å². The molecule has 0 bridgehead atoms. The zero-order valence-electron chi connectivity index (χ0n) is 13.0. The van der Waals surface area contributed by atoms with Crippen molar-refractivity contribution in [3.8, 4) is 0 Å². The highest BCUT2D eigenvalue weighted by molar-refractivity contribution is 6.01. The molecule has 1 aliphatic rings. The van der Waals surface area contributed by atoms with Gasteiger partial charge >= 0.3 is 6.18 Å². The van der Waals surface area contributed by atoms with Gasteiger partial charge in [-0.2, -0.15) is 13.2 Å². The summed E-state index contributed by atoms with van der Waals surface area (Å²) < 4.78 is 54.6. The molecular weight excluding hydrogens is 322 g/mol. The number of hydrogen-bond acceptors (Lipinski definition) is 2. The van der Waals surface area contributed by atoms with Crippen molar-refractivity contribution in [3.05, 3.63) is 70.5 Å². The lowest BCUT2D eigenvalue weighted by atomic mass is 9.85. The maximum absolute atomic E-state index is 13.8. The van der Waals surface area contributed by atoms with E-state index in [0.29, 0.717) is 16.7 Å². The van der Waals surface area contributed by atoms with Crippen LogP contribution in [0.5, 0.6) is 0 Å². The Kier molecular flexibility index (Phi) is 3.86. The van der Waals surface area contributed by atoms with Crippen LogP contribution in [0.2, 0.25) is 0 Å². The van der Waals surface area contributed by atoms with E-state index in [-0.39, 0.29) is 11.3 Å². The van der Waals surface area contributed by atoms with Gasteiger partial charge in [-0.25, -0.2) is 4.39 Å². The van der Waals surface area contributed by atoms with E-state index in [2.05, 4.69) is 11.2 Å². The lowest BCUT2D eigenvalue weighted by Gasteiger charge is -2.30. The van der Waals surface area contributed by atoms with Gasteiger partial charge in [-0.15, -0.1) is 0 Å². The molecule has 6 heteroatoms. The fourth-order valence-electron chi connectivity index (χ4n) is 2.83. The first kappa shape index (κ1) is 16.5. The third-order valence-corrected chi connectivity index (χ3v) is 3.97. The Morgan fingerprint density at radius 1 is 1.08 bits per heavy atom. The van der Waals surface area contributed by atoms with E-state index in [1.807, 2.05) is 0 Å². The first-order valence-corrected chi connectivity index (χ1v) is 7.30. The van der Waals surface area contributed by atoms with Crippen LogP contribution in [0, 0.1) is 25.7 Å². The summed E-state index contributed by atoms with van der Waals surface area (Å²) in [5, 5.41) is 3.66. The van der Waals surface area contributed by atoms with Crippen molar-refractivity contribution >= 4 is 5.71 Å². The molecule has 0 saturated carbocycles. The highest BCUT2D eigenvalue weighted by atomic mass is 19.4. The monoisotopic (exact) mass is 336 g/mol. The Morgan fingerprint density at radius 2 is 1.67 bits per heavy atom. The summed E-state index contributed by atoms with van der Waals surface area (Å²) in [6, 6.07) is 10.9. The van der Waals surface area contributed by atoms with E-state index < -0.39 is 24.0 Å². The number of nitrogens with zero attached hydrogens (tertiary/aromatic N) is 1. The number of oxime groups is 1. The predicted molar refractivity (Wildman–Crippen MR) is 81.1 cm³/mol. The summed E-state index contributed by atoms with van der Waals surface area (Å²) in [5.41, 5.74) is -0.833. The Bertz CT molecular complexity index is 775. The number of halogens is 4. The van der Waals surface area contributed by atoms with E-state index in [0.717, 1.165) is 0 Å². The van der Waals surface area contributed by atoms with Crippen LogP contribution in [0.15, 0.2) is 41.6 Å². The molecule has 1 atom stereocenters. The highest BCUT2D eigenvalue weighted by Gasteiger charge is 2.62. The Hall–Kier alpha value is -2.37. The first-order valence-electron chi connectivity index (χ1n) is 7.30. The minimum Gasteiger partial charge on any atom is -0.374 e. The van der Waals surface area contributed by atoms with Crippen LogP contribution in [0.4, 0.5) is 17.6 Å². The summed E-state index contributed by atoms with van der Waals surface area (Å²) in [6.07, 6.45) is -5.12. The molecule has 0 saturated heterocycles. The zero-order chi connectivity index (χ0) is 17.5. The number of hydrogen-bond donors (Lipinski definition) is 0. The second-order valence-electron chi connectivity index (χ2n) is 5.87. The van der Waals surface area contributed by atoms with Crippen LogP contribution in [-0.4, -0.2) is 11.9 Å². The summed E-state index contributed by atoms with van der Waals surface area (Å²) in [5.74, 6) is -0.467. The number of rotatable bonds is 2. The maximum Gasteiger partial charge on any atom is 0.435 e. The Morgan fingerprint density at radius 3 is 2.21 bits per heavy atom. The van der Waals surface area contributed by atoms with Crippen molar-refractivity contribution in [3.63, 3.8) is 0 Å². The molecule has 0 spiro atoms. The lowest BCUT2D eigenvalue weighted by molar-refractivity contribution is -0.275. The molecule has 0 aliphatic carbocycles. The molecule has 1 aliphatic heterocycles. The molecule has 0 amide bonds. The average molecular weight is 336 g/mol. The van der Waals surface area contributed by atoms with Gasteiger partial charge in [0.15, 0.2) is 0 Å². The molecule has 3 rings (SSSR count). The molecular formula is C18H14F4NO. The van der Waals surface area contributed by atoms with Crippen LogP contribution in [-0.2, 0) is 10.4 Å². The van der Waals surface area contributed by atoms with E-state index in [4.69, 9.17) is 4.84 Å². The summed E-state index contributed by atoms with van der Waals surface area (Å²) in [4.78, 5) is 4.95. The molecule has 24 heavy (non-hydrogen) atoms. The minimum absolute atomic E-state index is 0.00962. The van der Waals surface area contributed by atoms with Crippen molar-refractivity contribution in [2.45, 2.75) is 32.0 Å². The molecule has 2 nitrogen and oxygen atoms in total. The molecule has 0 aromatic heterocycles. The van der Waals surface area contributed by atoms with Gasteiger partial charge in [0, 0.05) is 12.0 Å². The van der Waals surface area contributed by atoms with E-state index >= 15 is 0 Å². The molecule has 1 radical (unpaired) electrons. The summed E-state index contributed by atoms with van der Waals surface area (Å²) in [6.45, 7) is 3.36. The molecule has 1 unspecified atom stereocenters. The van der Waals surface area contributed by atoms with Gasteiger partial charge in [0.25, 0.3) is 5.60 Å². The normalized spacial score (nSPS) is 20.7. The largest absolute Gasteiger partial charge is 0.435 e. The quantitative estimate of drug-likeness (QED) is 0.720. The summed E-state index contributed by atoms with van der Waals surface area (Å²) >= 11 is 0. The van der Waals surface area contributed by atoms with Gasteiger partial charge in [-0.1, -0.05) is 29.4 Å². The van der Waals surface area contributed by atoms with E-state index in [9.17, 15) is 17.6 Å². The summed E-state index contributed by atoms with van der Waals surface area (Å²) in [7, 11) is 0. The first-order chi connectivity index (χ1) is 11.2. The van der Waals surface area contributed by atoms with Crippen LogP contribution >= 0.6 is 0 Å². The van der Waals surface area contributed by atoms with Gasteiger partial charge in [0.2, 0.25) is 0 Å². The zero-order valence-corrected chi connectivity index (χ0v) is 13.0. The Labute approximate surface area is 136 Å². The second kappa shape index (κ2) is 5.61. The van der Waals surface area contributed by atoms with Gasteiger partial charge in [-0.05, 0) is 48.7 Å². The Balaban J connectivity index is 2.03. The van der Waals surface area contributed by atoms with Gasteiger partial charge in [0.05, 0.1) is 5.71 Å². The van der Waals surface area contributed by atoms with E-state index in [1.165, 1.54) is 36.4 Å². The fraction of sp³-hybridized carbons (Fsp3) is 0.278. The topological polar surface area (TPSA) is 21.6 Å². The third kappa shape index (κ3) is 2.77. The van der Waals surface area contributed by atoms with Crippen molar-refractivity contribution < 1.29 is 22.4 Å². The fourth-order valence-corrected chi connectivity index (χ4v) is 2.83. The van der Waals surface area contributed by atoms with Crippen LogP contribution in [0.25, 0.3) is 0 Å². The van der Waals surface area contributed by atoms with Crippen molar-refractivity contribution in [2.24, 2.45) is 5.16 Å². The lowest BCUT2D eigenvalue weighted by Crippen LogP contribution is -2.42. The van der Waals surface area contributed by atoms with Crippen LogP contribution < -0.4 is 0 Å². The minimum atomic E-state index is -4.65. The molecule has 0 fully saturated rings. The third-order valence-electron chi connectivity index (χ3n) is 3.97. The van der Waals surface area contributed by atoms with Crippen molar-refractivity contribution in [1.82, 2.24) is 0 Å². The average Bonchev–Trinajstić information content (AvgIpc) is 2.93. The van der Waals surface area contributed by atoms with Crippen LogP contribution in [0.3, 0.4) is 0 Å². The number of alkyl halides is 3. The van der Waals surface area contributed by atoms with Crippen molar-refractivity contribution in [2.75, 3.05) is 0 Å². The SMILES string of the molecule is Cc1[c]c(C)cc(C2(C(F)(F)F)CC(c3ccc(F)cc3)=NO2)c1. The second-order valence-corrected chi connectivity index (χ2v) is 5.87. The van der Waals surface area contributed by atoms with E-state index in [1.54, 1.807) is 13.8 Å². The predicted octanol–water partition coefficient (Wildman–Crippen LogP) is 4.82. The molecule has 1 heterocycles. The maximum atomic E-state index is 13.8. The molecule has 2 aromatic rings. The van der Waals surface area contributed by atoms with Gasteiger partial charge in [-0.3, -0.25) is 0 Å². The van der Waals surface area contributed by atoms with Gasteiger partial charge < -0.3 is 4.84 Å². The standard InChI is InChI=1S/C18H14F4NO/c1-11-7-12(2)9-14(8-11)17(18(20,21)22)10-16(23-24-17)13-3-5-15(19)6-4-13/h3-6,8-9H,10H2,1-2H3. The number of benzene rings is 2. The van der Waals surface area contributed by atoms with Crippen molar-refractivity contribution in [1.29, 1.82) is 0 Å². The van der Waals surface area contributed by atoms with Crippen LogP contribution in [0.1, 0.15) is 28.7 Å². The smallest absolute Gasteiger partial charge is 0.374 e. The molecule has 0 N–H and O–H groups in total. The molecule has 2 aromatic carbocycles. The molecule has 125 valence electrons. The highest BCUT2D eigenvalue weighted by Crippen LogP contribution is 2.49. The number of aryl methyl sites for hydroxylation is 2.